The van der Waals surface area contributed by atoms with Gasteiger partial charge in [-0.1, -0.05) is 19.1 Å². The Morgan fingerprint density at radius 2 is 1.89 bits per heavy atom. The van der Waals surface area contributed by atoms with Crippen LogP contribution in [0.4, 0.5) is 11.4 Å². The average molecular weight is 383 g/mol. The zero-order chi connectivity index (χ0) is 20.1. The number of rotatable bonds is 6. The minimum atomic E-state index is -0.409. The third-order valence-corrected chi connectivity index (χ3v) is 5.17. The number of nitro benzene ring substituents is 1. The van der Waals surface area contributed by atoms with Gasteiger partial charge in [-0.15, -0.1) is 0 Å². The van der Waals surface area contributed by atoms with Crippen molar-refractivity contribution in [2.45, 2.75) is 26.3 Å². The second kappa shape index (κ2) is 8.73. The number of hydrogen-bond acceptors (Lipinski definition) is 5. The summed E-state index contributed by atoms with van der Waals surface area (Å²) in [4.78, 5) is 25.7. The molecule has 0 saturated carbocycles. The normalized spacial score (nSPS) is 14.6. The third kappa shape index (κ3) is 4.60. The lowest BCUT2D eigenvalue weighted by atomic mass is 9.98. The van der Waals surface area contributed by atoms with Gasteiger partial charge in [0.05, 0.1) is 12.0 Å². The molecule has 0 spiro atoms. The number of piperidine rings is 1. The van der Waals surface area contributed by atoms with Crippen LogP contribution in [0, 0.1) is 16.0 Å². The molecular formula is C21H25N3O4. The second-order valence-corrected chi connectivity index (χ2v) is 7.16. The van der Waals surface area contributed by atoms with Gasteiger partial charge < -0.3 is 15.0 Å². The first-order chi connectivity index (χ1) is 13.5. The summed E-state index contributed by atoms with van der Waals surface area (Å²) in [6.45, 7) is 4.13. The molecule has 1 aliphatic heterocycles. The van der Waals surface area contributed by atoms with E-state index in [4.69, 9.17) is 4.74 Å². The number of nitrogens with zero attached hydrogens (tertiary/aromatic N) is 2. The van der Waals surface area contributed by atoms with Gasteiger partial charge in [0.25, 0.3) is 11.6 Å². The number of nitrogens with one attached hydrogen (secondary N) is 1. The minimum absolute atomic E-state index is 0.0216. The maximum atomic E-state index is 12.5. The van der Waals surface area contributed by atoms with Crippen LogP contribution < -0.4 is 15.0 Å². The van der Waals surface area contributed by atoms with Crippen molar-refractivity contribution in [3.63, 3.8) is 0 Å². The van der Waals surface area contributed by atoms with Crippen molar-refractivity contribution < 1.29 is 14.5 Å². The Balaban J connectivity index is 1.71. The van der Waals surface area contributed by atoms with Gasteiger partial charge in [0.2, 0.25) is 0 Å². The molecule has 1 aliphatic rings. The molecule has 1 N–H and O–H groups in total. The number of carbonyl (C=O) groups is 1. The van der Waals surface area contributed by atoms with E-state index in [9.17, 15) is 14.9 Å². The van der Waals surface area contributed by atoms with E-state index >= 15 is 0 Å². The Bertz CT molecular complexity index is 843. The zero-order valence-corrected chi connectivity index (χ0v) is 16.2. The number of carbonyl (C=O) groups excluding carboxylic acids is 1. The molecule has 7 heteroatoms. The van der Waals surface area contributed by atoms with Crippen LogP contribution in [0.25, 0.3) is 0 Å². The van der Waals surface area contributed by atoms with Crippen molar-refractivity contribution >= 4 is 17.3 Å². The number of ether oxygens (including phenoxy) is 1. The number of benzene rings is 2. The van der Waals surface area contributed by atoms with Crippen molar-refractivity contribution in [1.29, 1.82) is 0 Å². The SMILES string of the molecule is COc1ccc(CNC(=O)c2ccc(N3CCC(C)CC3)c([N+](=O)[O-])c2)cc1. The lowest BCUT2D eigenvalue weighted by molar-refractivity contribution is -0.384. The molecule has 0 unspecified atom stereocenters. The van der Waals surface area contributed by atoms with Crippen LogP contribution in [0.3, 0.4) is 0 Å². The Hall–Kier alpha value is -3.09. The summed E-state index contributed by atoms with van der Waals surface area (Å²) >= 11 is 0. The fourth-order valence-corrected chi connectivity index (χ4v) is 3.36. The number of hydrogen-bond donors (Lipinski definition) is 1. The fraction of sp³-hybridized carbons (Fsp3) is 0.381. The smallest absolute Gasteiger partial charge is 0.293 e. The van der Waals surface area contributed by atoms with Gasteiger partial charge in [0.1, 0.15) is 11.4 Å². The topological polar surface area (TPSA) is 84.7 Å². The highest BCUT2D eigenvalue weighted by Gasteiger charge is 2.24. The minimum Gasteiger partial charge on any atom is -0.497 e. The van der Waals surface area contributed by atoms with E-state index in [0.717, 1.165) is 37.2 Å². The molecule has 2 aromatic rings. The van der Waals surface area contributed by atoms with Crippen LogP contribution in [0.1, 0.15) is 35.7 Å². The summed E-state index contributed by atoms with van der Waals surface area (Å²) in [6.07, 6.45) is 2.03. The third-order valence-electron chi connectivity index (χ3n) is 5.17. The molecule has 2 aromatic carbocycles. The van der Waals surface area contributed by atoms with Gasteiger partial charge in [-0.05, 0) is 48.6 Å². The first-order valence-corrected chi connectivity index (χ1v) is 9.42. The molecule has 1 heterocycles. The van der Waals surface area contributed by atoms with E-state index in [0.29, 0.717) is 18.2 Å². The molecule has 0 aromatic heterocycles. The second-order valence-electron chi connectivity index (χ2n) is 7.16. The van der Waals surface area contributed by atoms with Gasteiger partial charge in [0, 0.05) is 31.3 Å². The molecule has 148 valence electrons. The lowest BCUT2D eigenvalue weighted by Gasteiger charge is -2.31. The van der Waals surface area contributed by atoms with Gasteiger partial charge in [0.15, 0.2) is 0 Å². The summed E-state index contributed by atoms with van der Waals surface area (Å²) in [7, 11) is 1.60. The quantitative estimate of drug-likeness (QED) is 0.606. The number of nitro groups is 1. The van der Waals surface area contributed by atoms with Crippen molar-refractivity contribution in [3.05, 3.63) is 63.7 Å². The molecule has 0 atom stereocenters. The van der Waals surface area contributed by atoms with E-state index in [1.54, 1.807) is 19.2 Å². The molecule has 0 radical (unpaired) electrons. The van der Waals surface area contributed by atoms with Crippen molar-refractivity contribution in [1.82, 2.24) is 5.32 Å². The Morgan fingerprint density at radius 1 is 1.21 bits per heavy atom. The molecule has 1 amide bonds. The molecule has 0 aliphatic carbocycles. The van der Waals surface area contributed by atoms with Crippen LogP contribution in [0.5, 0.6) is 5.75 Å². The first-order valence-electron chi connectivity index (χ1n) is 9.42. The van der Waals surface area contributed by atoms with E-state index in [1.165, 1.54) is 6.07 Å². The summed E-state index contributed by atoms with van der Waals surface area (Å²) in [5, 5.41) is 14.4. The van der Waals surface area contributed by atoms with Crippen molar-refractivity contribution in [3.8, 4) is 5.75 Å². The highest BCUT2D eigenvalue weighted by atomic mass is 16.6. The summed E-state index contributed by atoms with van der Waals surface area (Å²) in [5.41, 5.74) is 1.77. The van der Waals surface area contributed by atoms with E-state index < -0.39 is 4.92 Å². The fourth-order valence-electron chi connectivity index (χ4n) is 3.36. The highest BCUT2D eigenvalue weighted by Crippen LogP contribution is 2.32. The Kier molecular flexibility index (Phi) is 6.13. The molecule has 0 bridgehead atoms. The lowest BCUT2D eigenvalue weighted by Crippen LogP contribution is -2.33. The first kappa shape index (κ1) is 19.7. The summed E-state index contributed by atoms with van der Waals surface area (Å²) in [5.74, 6) is 1.05. The van der Waals surface area contributed by atoms with Crippen LogP contribution in [-0.4, -0.2) is 31.0 Å². The van der Waals surface area contributed by atoms with Gasteiger partial charge in [-0.3, -0.25) is 14.9 Å². The Labute approximate surface area is 164 Å². The van der Waals surface area contributed by atoms with Crippen molar-refractivity contribution in [2.24, 2.45) is 5.92 Å². The average Bonchev–Trinajstić information content (AvgIpc) is 2.72. The summed E-state index contributed by atoms with van der Waals surface area (Å²) < 4.78 is 5.11. The van der Waals surface area contributed by atoms with Gasteiger partial charge in [-0.25, -0.2) is 0 Å². The molecule has 3 rings (SSSR count). The number of anilines is 1. The van der Waals surface area contributed by atoms with Crippen molar-refractivity contribution in [2.75, 3.05) is 25.1 Å². The predicted molar refractivity (Wildman–Crippen MR) is 108 cm³/mol. The van der Waals surface area contributed by atoms with Gasteiger partial charge >= 0.3 is 0 Å². The molecular weight excluding hydrogens is 358 g/mol. The van der Waals surface area contributed by atoms with Crippen LogP contribution in [0.2, 0.25) is 0 Å². The van der Waals surface area contributed by atoms with Crippen LogP contribution in [0.15, 0.2) is 42.5 Å². The van der Waals surface area contributed by atoms with Crippen LogP contribution >= 0.6 is 0 Å². The standard InChI is InChI=1S/C21H25N3O4/c1-15-9-11-23(12-10-15)19-8-5-17(13-20(19)24(26)27)21(25)22-14-16-3-6-18(28-2)7-4-16/h3-8,13,15H,9-12,14H2,1-2H3,(H,22,25). The highest BCUT2D eigenvalue weighted by molar-refractivity contribution is 5.95. The van der Waals surface area contributed by atoms with Crippen LogP contribution in [-0.2, 0) is 6.54 Å². The monoisotopic (exact) mass is 383 g/mol. The molecule has 7 nitrogen and oxygen atoms in total. The Morgan fingerprint density at radius 3 is 2.50 bits per heavy atom. The molecule has 1 fully saturated rings. The molecule has 28 heavy (non-hydrogen) atoms. The number of amides is 1. The number of methoxy groups -OCH3 is 1. The van der Waals surface area contributed by atoms with E-state index in [-0.39, 0.29) is 17.2 Å². The summed E-state index contributed by atoms with van der Waals surface area (Å²) in [6, 6.07) is 12.1. The zero-order valence-electron chi connectivity index (χ0n) is 16.2. The maximum absolute atomic E-state index is 12.5. The predicted octanol–water partition coefficient (Wildman–Crippen LogP) is 3.77. The molecule has 1 saturated heterocycles. The largest absolute Gasteiger partial charge is 0.497 e. The van der Waals surface area contributed by atoms with E-state index in [2.05, 4.69) is 12.2 Å². The van der Waals surface area contributed by atoms with Gasteiger partial charge in [-0.2, -0.15) is 0 Å². The van der Waals surface area contributed by atoms with E-state index in [1.807, 2.05) is 29.2 Å². The maximum Gasteiger partial charge on any atom is 0.293 e.